The Morgan fingerprint density at radius 1 is 1.10 bits per heavy atom. The molecule has 0 saturated carbocycles. The first-order valence-electron chi connectivity index (χ1n) is 6.50. The van der Waals surface area contributed by atoms with E-state index in [1.807, 2.05) is 12.1 Å². The molecule has 4 heteroatoms. The van der Waals surface area contributed by atoms with E-state index in [0.29, 0.717) is 11.4 Å². The van der Waals surface area contributed by atoms with Gasteiger partial charge in [-0.05, 0) is 11.0 Å². The number of hydrogen-bond donors (Lipinski definition) is 1. The smallest absolute Gasteiger partial charge is 0.309 e. The number of nitrogens with zero attached hydrogens (tertiary/aromatic N) is 2. The summed E-state index contributed by atoms with van der Waals surface area (Å²) in [7, 11) is 0. The molecule has 0 aliphatic rings. The zero-order valence-corrected chi connectivity index (χ0v) is 11.9. The molecule has 1 aromatic heterocycles. The van der Waals surface area contributed by atoms with Gasteiger partial charge in [0.1, 0.15) is 0 Å². The summed E-state index contributed by atoms with van der Waals surface area (Å²) in [5, 5.41) is 8.92. The normalized spacial score (nSPS) is 11.3. The zero-order valence-electron chi connectivity index (χ0n) is 11.9. The van der Waals surface area contributed by atoms with Gasteiger partial charge in [-0.25, -0.2) is 0 Å². The van der Waals surface area contributed by atoms with Crippen molar-refractivity contribution in [3.8, 4) is 11.3 Å². The quantitative estimate of drug-likeness (QED) is 0.931. The van der Waals surface area contributed by atoms with E-state index < -0.39 is 5.97 Å². The number of carbonyl (C=O) groups is 1. The summed E-state index contributed by atoms with van der Waals surface area (Å²) >= 11 is 0. The molecule has 104 valence electrons. The molecule has 0 fully saturated rings. The van der Waals surface area contributed by atoms with Crippen molar-refractivity contribution >= 4 is 5.97 Å². The van der Waals surface area contributed by atoms with Crippen LogP contribution in [0.4, 0.5) is 0 Å². The van der Waals surface area contributed by atoms with E-state index in [0.717, 1.165) is 5.56 Å². The molecule has 4 nitrogen and oxygen atoms in total. The fourth-order valence-electron chi connectivity index (χ4n) is 2.01. The van der Waals surface area contributed by atoms with Crippen LogP contribution in [0.2, 0.25) is 0 Å². The molecule has 0 atom stereocenters. The molecule has 0 bridgehead atoms. The van der Waals surface area contributed by atoms with Gasteiger partial charge in [-0.15, -0.1) is 0 Å². The van der Waals surface area contributed by atoms with E-state index in [1.54, 1.807) is 6.20 Å². The van der Waals surface area contributed by atoms with Gasteiger partial charge in [-0.3, -0.25) is 14.8 Å². The molecular weight excluding hydrogens is 252 g/mol. The molecular formula is C16H18N2O2. The topological polar surface area (TPSA) is 63.1 Å². The van der Waals surface area contributed by atoms with Crippen LogP contribution in [-0.4, -0.2) is 21.0 Å². The first-order chi connectivity index (χ1) is 9.38. The van der Waals surface area contributed by atoms with Gasteiger partial charge < -0.3 is 5.11 Å². The zero-order chi connectivity index (χ0) is 14.8. The van der Waals surface area contributed by atoms with Crippen molar-refractivity contribution < 1.29 is 9.90 Å². The fraction of sp³-hybridized carbons (Fsp3) is 0.312. The third-order valence-corrected chi connectivity index (χ3v) is 3.12. The lowest BCUT2D eigenvalue weighted by atomic mass is 9.86. The number of carboxylic acids is 1. The third-order valence-electron chi connectivity index (χ3n) is 3.12. The van der Waals surface area contributed by atoms with Crippen molar-refractivity contribution in [2.45, 2.75) is 32.6 Å². The van der Waals surface area contributed by atoms with Crippen molar-refractivity contribution in [3.63, 3.8) is 0 Å². The Labute approximate surface area is 118 Å². The highest BCUT2D eigenvalue weighted by molar-refractivity contribution is 5.73. The minimum atomic E-state index is -0.905. The summed E-state index contributed by atoms with van der Waals surface area (Å²) in [6.07, 6.45) is 2.98. The van der Waals surface area contributed by atoms with E-state index in [9.17, 15) is 4.79 Å². The maximum atomic E-state index is 10.9. The Balaban J connectivity index is 2.39. The van der Waals surface area contributed by atoms with Gasteiger partial charge in [0.05, 0.1) is 17.8 Å². The van der Waals surface area contributed by atoms with Gasteiger partial charge in [-0.2, -0.15) is 0 Å². The van der Waals surface area contributed by atoms with Crippen molar-refractivity contribution in [3.05, 3.63) is 47.9 Å². The van der Waals surface area contributed by atoms with Crippen molar-refractivity contribution in [1.29, 1.82) is 0 Å². The number of carboxylic acid groups (broad SMARTS) is 1. The second kappa shape index (κ2) is 5.41. The summed E-state index contributed by atoms with van der Waals surface area (Å²) in [6, 6.07) is 8.04. The second-order valence-electron chi connectivity index (χ2n) is 5.75. The molecule has 2 aromatic rings. The highest BCUT2D eigenvalue weighted by atomic mass is 16.4. The molecule has 20 heavy (non-hydrogen) atoms. The lowest BCUT2D eigenvalue weighted by Gasteiger charge is -2.19. The predicted octanol–water partition coefficient (Wildman–Crippen LogP) is 3.07. The molecule has 0 radical (unpaired) electrons. The lowest BCUT2D eigenvalue weighted by Crippen LogP contribution is -2.10. The Kier molecular flexibility index (Phi) is 3.84. The second-order valence-corrected chi connectivity index (χ2v) is 5.75. The Morgan fingerprint density at radius 3 is 2.25 bits per heavy atom. The SMILES string of the molecule is CC(C)(C)c1ccc(-c2nccnc2CC(=O)O)cc1. The minimum absolute atomic E-state index is 0.0881. The van der Waals surface area contributed by atoms with Gasteiger partial charge in [-0.1, -0.05) is 45.0 Å². The molecule has 0 unspecified atom stereocenters. The van der Waals surface area contributed by atoms with E-state index in [2.05, 4.69) is 42.9 Å². The van der Waals surface area contributed by atoms with Crippen LogP contribution in [0.3, 0.4) is 0 Å². The number of aliphatic carboxylic acids is 1. The molecule has 1 heterocycles. The average molecular weight is 270 g/mol. The van der Waals surface area contributed by atoms with E-state index in [1.165, 1.54) is 11.8 Å². The molecule has 0 aliphatic heterocycles. The van der Waals surface area contributed by atoms with Crippen LogP contribution in [0.5, 0.6) is 0 Å². The first kappa shape index (κ1) is 14.2. The Bertz CT molecular complexity index is 613. The molecule has 0 aliphatic carbocycles. The van der Waals surface area contributed by atoms with Crippen LogP contribution in [-0.2, 0) is 16.6 Å². The molecule has 0 spiro atoms. The summed E-state index contributed by atoms with van der Waals surface area (Å²) in [5.41, 5.74) is 3.33. The minimum Gasteiger partial charge on any atom is -0.481 e. The Hall–Kier alpha value is -2.23. The summed E-state index contributed by atoms with van der Waals surface area (Å²) < 4.78 is 0. The third kappa shape index (κ3) is 3.20. The largest absolute Gasteiger partial charge is 0.481 e. The van der Waals surface area contributed by atoms with E-state index in [-0.39, 0.29) is 11.8 Å². The summed E-state index contributed by atoms with van der Waals surface area (Å²) in [5.74, 6) is -0.905. The van der Waals surface area contributed by atoms with E-state index in [4.69, 9.17) is 5.11 Å². The van der Waals surface area contributed by atoms with Crippen LogP contribution >= 0.6 is 0 Å². The van der Waals surface area contributed by atoms with Crippen molar-refractivity contribution in [2.75, 3.05) is 0 Å². The molecule has 1 N–H and O–H groups in total. The van der Waals surface area contributed by atoms with Crippen LogP contribution in [0, 0.1) is 0 Å². The first-order valence-corrected chi connectivity index (χ1v) is 6.50. The summed E-state index contributed by atoms with van der Waals surface area (Å²) in [6.45, 7) is 6.46. The average Bonchev–Trinajstić information content (AvgIpc) is 2.38. The highest BCUT2D eigenvalue weighted by Crippen LogP contribution is 2.26. The molecule has 0 saturated heterocycles. The number of benzene rings is 1. The van der Waals surface area contributed by atoms with Gasteiger partial charge in [0.25, 0.3) is 0 Å². The van der Waals surface area contributed by atoms with Crippen LogP contribution in [0.25, 0.3) is 11.3 Å². The van der Waals surface area contributed by atoms with Gasteiger partial charge >= 0.3 is 5.97 Å². The predicted molar refractivity (Wildman–Crippen MR) is 77.5 cm³/mol. The van der Waals surface area contributed by atoms with Crippen LogP contribution < -0.4 is 0 Å². The van der Waals surface area contributed by atoms with Crippen LogP contribution in [0.15, 0.2) is 36.7 Å². The molecule has 0 amide bonds. The fourth-order valence-corrected chi connectivity index (χ4v) is 2.01. The maximum absolute atomic E-state index is 10.9. The van der Waals surface area contributed by atoms with E-state index >= 15 is 0 Å². The summed E-state index contributed by atoms with van der Waals surface area (Å²) in [4.78, 5) is 19.3. The monoisotopic (exact) mass is 270 g/mol. The molecule has 1 aromatic carbocycles. The standard InChI is InChI=1S/C16H18N2O2/c1-16(2,3)12-6-4-11(5-7-12)15-13(10-14(19)20)17-8-9-18-15/h4-9H,10H2,1-3H3,(H,19,20). The van der Waals surface area contributed by atoms with Crippen molar-refractivity contribution in [2.24, 2.45) is 0 Å². The maximum Gasteiger partial charge on any atom is 0.309 e. The van der Waals surface area contributed by atoms with Crippen LogP contribution in [0.1, 0.15) is 32.0 Å². The number of aromatic nitrogens is 2. The number of rotatable bonds is 3. The number of hydrogen-bond acceptors (Lipinski definition) is 3. The van der Waals surface area contributed by atoms with Crippen molar-refractivity contribution in [1.82, 2.24) is 9.97 Å². The Morgan fingerprint density at radius 2 is 1.70 bits per heavy atom. The van der Waals surface area contributed by atoms with Gasteiger partial charge in [0.2, 0.25) is 0 Å². The highest BCUT2D eigenvalue weighted by Gasteiger charge is 2.15. The van der Waals surface area contributed by atoms with Gasteiger partial charge in [0.15, 0.2) is 0 Å². The molecule has 2 rings (SSSR count). The lowest BCUT2D eigenvalue weighted by molar-refractivity contribution is -0.136. The van der Waals surface area contributed by atoms with Gasteiger partial charge in [0, 0.05) is 18.0 Å².